The second kappa shape index (κ2) is 7.71. The lowest BCUT2D eigenvalue weighted by atomic mass is 10.1. The van der Waals surface area contributed by atoms with Gasteiger partial charge in [0, 0.05) is 43.3 Å². The first-order valence-electron chi connectivity index (χ1n) is 10.8. The summed E-state index contributed by atoms with van der Waals surface area (Å²) in [5.74, 6) is 1.03. The summed E-state index contributed by atoms with van der Waals surface area (Å²) in [5, 5.41) is 4.97. The molecule has 0 unspecified atom stereocenters. The first-order chi connectivity index (χ1) is 15.4. The van der Waals surface area contributed by atoms with Crippen molar-refractivity contribution in [2.45, 2.75) is 26.9 Å². The minimum atomic E-state index is 0.0308. The van der Waals surface area contributed by atoms with Crippen LogP contribution in [-0.2, 0) is 13.1 Å². The van der Waals surface area contributed by atoms with Crippen LogP contribution in [0.2, 0.25) is 0 Å². The van der Waals surface area contributed by atoms with Crippen LogP contribution in [0.1, 0.15) is 32.7 Å². The second-order valence-electron chi connectivity index (χ2n) is 8.65. The molecule has 5 rings (SSSR count). The van der Waals surface area contributed by atoms with Gasteiger partial charge in [0.25, 0.3) is 5.91 Å². The van der Waals surface area contributed by atoms with E-state index in [0.717, 1.165) is 28.5 Å². The van der Waals surface area contributed by atoms with Crippen LogP contribution in [0.25, 0.3) is 11.5 Å². The van der Waals surface area contributed by atoms with Crippen LogP contribution < -0.4 is 4.90 Å². The van der Waals surface area contributed by atoms with Crippen LogP contribution in [-0.4, -0.2) is 39.3 Å². The zero-order valence-electron chi connectivity index (χ0n) is 18.9. The van der Waals surface area contributed by atoms with E-state index in [1.165, 1.54) is 11.1 Å². The zero-order valence-corrected chi connectivity index (χ0v) is 18.9. The van der Waals surface area contributed by atoms with Gasteiger partial charge in [0.15, 0.2) is 0 Å². The molecule has 0 saturated carbocycles. The maximum atomic E-state index is 13.3. The third-order valence-corrected chi connectivity index (χ3v) is 6.06. The number of amides is 1. The van der Waals surface area contributed by atoms with E-state index in [-0.39, 0.29) is 5.91 Å². The molecule has 32 heavy (non-hydrogen) atoms. The smallest absolute Gasteiger partial charge is 0.254 e. The van der Waals surface area contributed by atoms with Crippen LogP contribution in [0, 0.1) is 13.8 Å². The Kier molecular flexibility index (Phi) is 4.85. The SMILES string of the molecule is Cc1ccc(-n2nc3c(c2-n2cccc2)CN(C(=O)c2cccc(N(C)C)c2)C3)c(C)c1. The first kappa shape index (κ1) is 20.1. The van der Waals surface area contributed by atoms with Gasteiger partial charge in [-0.2, -0.15) is 5.10 Å². The Morgan fingerprint density at radius 1 is 0.969 bits per heavy atom. The fraction of sp³-hybridized carbons (Fsp3) is 0.231. The fourth-order valence-electron chi connectivity index (χ4n) is 4.40. The molecule has 0 atom stereocenters. The lowest BCUT2D eigenvalue weighted by molar-refractivity contribution is 0.0749. The molecule has 3 heterocycles. The zero-order chi connectivity index (χ0) is 22.4. The van der Waals surface area contributed by atoms with Crippen molar-refractivity contribution in [2.24, 2.45) is 0 Å². The van der Waals surface area contributed by atoms with Gasteiger partial charge in [0.2, 0.25) is 0 Å². The van der Waals surface area contributed by atoms with Crippen molar-refractivity contribution in [1.29, 1.82) is 0 Å². The predicted molar refractivity (Wildman–Crippen MR) is 127 cm³/mol. The van der Waals surface area contributed by atoms with Crippen molar-refractivity contribution in [3.05, 3.63) is 94.9 Å². The third kappa shape index (κ3) is 3.38. The number of aryl methyl sites for hydroxylation is 2. The van der Waals surface area contributed by atoms with Gasteiger partial charge >= 0.3 is 0 Å². The summed E-state index contributed by atoms with van der Waals surface area (Å²) < 4.78 is 4.11. The Labute approximate surface area is 188 Å². The molecule has 0 bridgehead atoms. The number of carbonyl (C=O) groups excluding carboxylic acids is 1. The molecule has 1 amide bonds. The van der Waals surface area contributed by atoms with E-state index in [1.807, 2.05) is 77.4 Å². The van der Waals surface area contributed by atoms with Gasteiger partial charge in [0.1, 0.15) is 5.82 Å². The molecular formula is C26H27N5O. The molecule has 4 aromatic rings. The highest BCUT2D eigenvalue weighted by Gasteiger charge is 2.32. The summed E-state index contributed by atoms with van der Waals surface area (Å²) in [6.07, 6.45) is 4.06. The van der Waals surface area contributed by atoms with Crippen LogP contribution in [0.15, 0.2) is 67.0 Å². The standard InChI is InChI=1S/C26H27N5O/c1-18-10-11-24(19(2)14-18)31-25(29-12-5-6-13-29)22-16-30(17-23(22)27-31)26(32)20-8-7-9-21(15-20)28(3)4/h5-15H,16-17H2,1-4H3. The quantitative estimate of drug-likeness (QED) is 0.484. The molecule has 0 aliphatic carbocycles. The fourth-order valence-corrected chi connectivity index (χ4v) is 4.40. The van der Waals surface area contributed by atoms with Gasteiger partial charge < -0.3 is 14.4 Å². The van der Waals surface area contributed by atoms with Crippen LogP contribution in [0.4, 0.5) is 5.69 Å². The van der Waals surface area contributed by atoms with Crippen molar-refractivity contribution in [3.8, 4) is 11.5 Å². The number of carbonyl (C=O) groups is 1. The predicted octanol–water partition coefficient (Wildman–Crippen LogP) is 4.50. The number of anilines is 1. The molecule has 0 spiro atoms. The first-order valence-corrected chi connectivity index (χ1v) is 10.8. The normalized spacial score (nSPS) is 12.8. The molecule has 0 saturated heterocycles. The van der Waals surface area contributed by atoms with Gasteiger partial charge in [-0.1, -0.05) is 23.8 Å². The summed E-state index contributed by atoms with van der Waals surface area (Å²) in [4.78, 5) is 17.2. The van der Waals surface area contributed by atoms with E-state index in [9.17, 15) is 4.79 Å². The highest BCUT2D eigenvalue weighted by Crippen LogP contribution is 2.32. The van der Waals surface area contributed by atoms with E-state index in [4.69, 9.17) is 5.10 Å². The number of rotatable bonds is 4. The number of hydrogen-bond donors (Lipinski definition) is 0. The van der Waals surface area contributed by atoms with E-state index in [2.05, 4.69) is 36.6 Å². The molecule has 162 valence electrons. The molecule has 6 nitrogen and oxygen atoms in total. The minimum Gasteiger partial charge on any atom is -0.378 e. The lowest BCUT2D eigenvalue weighted by Gasteiger charge is -2.19. The summed E-state index contributed by atoms with van der Waals surface area (Å²) in [5.41, 5.74) is 7.22. The molecule has 2 aromatic heterocycles. The minimum absolute atomic E-state index is 0.0308. The van der Waals surface area contributed by atoms with Gasteiger partial charge in [-0.3, -0.25) is 4.79 Å². The van der Waals surface area contributed by atoms with Crippen LogP contribution in [0.3, 0.4) is 0 Å². The Morgan fingerprint density at radius 2 is 1.75 bits per heavy atom. The number of hydrogen-bond acceptors (Lipinski definition) is 3. The average Bonchev–Trinajstić information content (AvgIpc) is 3.49. The van der Waals surface area contributed by atoms with Crippen molar-refractivity contribution in [2.75, 3.05) is 19.0 Å². The molecular weight excluding hydrogens is 398 g/mol. The van der Waals surface area contributed by atoms with Crippen molar-refractivity contribution in [3.63, 3.8) is 0 Å². The lowest BCUT2D eigenvalue weighted by Crippen LogP contribution is -2.26. The summed E-state index contributed by atoms with van der Waals surface area (Å²) in [6, 6.07) is 18.2. The van der Waals surface area contributed by atoms with Crippen molar-refractivity contribution < 1.29 is 4.79 Å². The number of aromatic nitrogens is 3. The van der Waals surface area contributed by atoms with Crippen molar-refractivity contribution >= 4 is 11.6 Å². The number of benzene rings is 2. The third-order valence-electron chi connectivity index (χ3n) is 6.06. The Morgan fingerprint density at radius 3 is 2.47 bits per heavy atom. The highest BCUT2D eigenvalue weighted by atomic mass is 16.2. The topological polar surface area (TPSA) is 46.3 Å². The summed E-state index contributed by atoms with van der Waals surface area (Å²) in [6.45, 7) is 5.26. The van der Waals surface area contributed by atoms with E-state index >= 15 is 0 Å². The number of fused-ring (bicyclic) bond motifs is 1. The Bertz CT molecular complexity index is 1300. The molecule has 0 fully saturated rings. The molecule has 6 heteroatoms. The van der Waals surface area contributed by atoms with Gasteiger partial charge in [-0.25, -0.2) is 4.68 Å². The highest BCUT2D eigenvalue weighted by molar-refractivity contribution is 5.95. The Balaban J connectivity index is 1.53. The van der Waals surface area contributed by atoms with Crippen LogP contribution in [0.5, 0.6) is 0 Å². The monoisotopic (exact) mass is 425 g/mol. The maximum Gasteiger partial charge on any atom is 0.254 e. The molecule has 0 N–H and O–H groups in total. The molecule has 0 radical (unpaired) electrons. The van der Waals surface area contributed by atoms with Gasteiger partial charge in [0.05, 0.1) is 24.5 Å². The second-order valence-corrected chi connectivity index (χ2v) is 8.65. The summed E-state index contributed by atoms with van der Waals surface area (Å²) in [7, 11) is 3.96. The molecule has 1 aliphatic heterocycles. The van der Waals surface area contributed by atoms with E-state index in [1.54, 1.807) is 0 Å². The van der Waals surface area contributed by atoms with Gasteiger partial charge in [-0.05, 0) is 55.8 Å². The largest absolute Gasteiger partial charge is 0.378 e. The molecule has 1 aliphatic rings. The average molecular weight is 426 g/mol. The Hall–Kier alpha value is -3.80. The van der Waals surface area contributed by atoms with E-state index < -0.39 is 0 Å². The van der Waals surface area contributed by atoms with Crippen LogP contribution >= 0.6 is 0 Å². The van der Waals surface area contributed by atoms with Crippen molar-refractivity contribution in [1.82, 2.24) is 19.2 Å². The van der Waals surface area contributed by atoms with Gasteiger partial charge in [-0.15, -0.1) is 0 Å². The summed E-state index contributed by atoms with van der Waals surface area (Å²) >= 11 is 0. The molecule has 2 aromatic carbocycles. The number of nitrogens with zero attached hydrogens (tertiary/aromatic N) is 5. The maximum absolute atomic E-state index is 13.3. The van der Waals surface area contributed by atoms with E-state index in [0.29, 0.717) is 18.7 Å².